The van der Waals surface area contributed by atoms with E-state index in [-0.39, 0.29) is 6.61 Å². The molecule has 0 aliphatic rings. The number of aliphatic hydroxyl groups excluding tert-OH is 3. The van der Waals surface area contributed by atoms with Crippen LogP contribution >= 0.6 is 0 Å². The molecule has 0 bridgehead atoms. The van der Waals surface area contributed by atoms with Gasteiger partial charge in [-0.1, -0.05) is 70.4 Å². The van der Waals surface area contributed by atoms with Gasteiger partial charge < -0.3 is 21.1 Å². The number of hydrogen-bond acceptors (Lipinski definition) is 4. The Morgan fingerprint density at radius 3 is 1.95 bits per heavy atom. The molecule has 0 aliphatic carbocycles. The van der Waals surface area contributed by atoms with E-state index in [4.69, 9.17) is 10.8 Å². The maximum absolute atomic E-state index is 9.69. The van der Waals surface area contributed by atoms with Gasteiger partial charge in [0.15, 0.2) is 0 Å². The van der Waals surface area contributed by atoms with Crippen LogP contribution in [0.3, 0.4) is 0 Å². The molecule has 0 fully saturated rings. The first kappa shape index (κ1) is 21.6. The lowest BCUT2D eigenvalue weighted by Crippen LogP contribution is -2.45. The first-order valence-corrected chi connectivity index (χ1v) is 9.01. The highest BCUT2D eigenvalue weighted by Gasteiger charge is 2.21. The monoisotopic (exact) mass is 315 g/mol. The van der Waals surface area contributed by atoms with Gasteiger partial charge in [-0.2, -0.15) is 0 Å². The van der Waals surface area contributed by atoms with E-state index < -0.39 is 18.2 Å². The SMILES string of the molecule is CCCCCCCCCCC/C=C/CC(O)C(O)C(N)CO. The van der Waals surface area contributed by atoms with Crippen LogP contribution in [0.4, 0.5) is 0 Å². The van der Waals surface area contributed by atoms with Crippen LogP contribution in [-0.4, -0.2) is 40.2 Å². The first-order valence-electron chi connectivity index (χ1n) is 9.01. The number of aliphatic hydroxyl groups is 3. The molecule has 5 N–H and O–H groups in total. The zero-order valence-electron chi connectivity index (χ0n) is 14.3. The van der Waals surface area contributed by atoms with E-state index in [1.807, 2.05) is 6.08 Å². The molecule has 0 saturated heterocycles. The predicted molar refractivity (Wildman–Crippen MR) is 92.7 cm³/mol. The van der Waals surface area contributed by atoms with E-state index in [0.717, 1.165) is 6.42 Å². The molecular weight excluding hydrogens is 278 g/mol. The molecule has 0 aromatic carbocycles. The lowest BCUT2D eigenvalue weighted by atomic mass is 10.0. The van der Waals surface area contributed by atoms with Crippen molar-refractivity contribution in [2.45, 2.75) is 95.8 Å². The van der Waals surface area contributed by atoms with Crippen molar-refractivity contribution in [1.29, 1.82) is 0 Å². The molecule has 0 rings (SSSR count). The lowest BCUT2D eigenvalue weighted by molar-refractivity contribution is -0.00519. The number of rotatable bonds is 15. The molecule has 0 spiro atoms. The quantitative estimate of drug-likeness (QED) is 0.276. The Balaban J connectivity index is 3.40. The van der Waals surface area contributed by atoms with Crippen LogP contribution in [0.5, 0.6) is 0 Å². The largest absolute Gasteiger partial charge is 0.395 e. The Kier molecular flexibility index (Phi) is 15.2. The average molecular weight is 315 g/mol. The minimum Gasteiger partial charge on any atom is -0.395 e. The van der Waals surface area contributed by atoms with Crippen molar-refractivity contribution >= 4 is 0 Å². The van der Waals surface area contributed by atoms with Gasteiger partial charge in [0.2, 0.25) is 0 Å². The molecule has 4 nitrogen and oxygen atoms in total. The van der Waals surface area contributed by atoms with Gasteiger partial charge in [0, 0.05) is 0 Å². The molecule has 0 heterocycles. The molecule has 3 unspecified atom stereocenters. The van der Waals surface area contributed by atoms with E-state index in [0.29, 0.717) is 6.42 Å². The summed E-state index contributed by atoms with van der Waals surface area (Å²) in [7, 11) is 0. The zero-order chi connectivity index (χ0) is 16.6. The molecule has 0 saturated carbocycles. The number of unbranched alkanes of at least 4 members (excludes halogenated alkanes) is 9. The molecule has 0 amide bonds. The summed E-state index contributed by atoms with van der Waals surface area (Å²) in [4.78, 5) is 0. The van der Waals surface area contributed by atoms with Gasteiger partial charge in [-0.3, -0.25) is 0 Å². The summed E-state index contributed by atoms with van der Waals surface area (Å²) in [6.07, 6.45) is 15.3. The summed E-state index contributed by atoms with van der Waals surface area (Å²) >= 11 is 0. The third-order valence-corrected chi connectivity index (χ3v) is 4.06. The lowest BCUT2D eigenvalue weighted by Gasteiger charge is -2.21. The maximum atomic E-state index is 9.69. The fraction of sp³-hybridized carbons (Fsp3) is 0.889. The Bertz CT molecular complexity index is 259. The van der Waals surface area contributed by atoms with Crippen LogP contribution in [0.2, 0.25) is 0 Å². The van der Waals surface area contributed by atoms with Gasteiger partial charge in [-0.15, -0.1) is 0 Å². The number of nitrogens with two attached hydrogens (primary N) is 1. The molecule has 22 heavy (non-hydrogen) atoms. The highest BCUT2D eigenvalue weighted by Crippen LogP contribution is 2.11. The highest BCUT2D eigenvalue weighted by atomic mass is 16.3. The topological polar surface area (TPSA) is 86.7 Å². The van der Waals surface area contributed by atoms with Gasteiger partial charge in [0.1, 0.15) is 0 Å². The van der Waals surface area contributed by atoms with Crippen LogP contribution in [0, 0.1) is 0 Å². The minimum absolute atomic E-state index is 0.319. The maximum Gasteiger partial charge on any atom is 0.0974 e. The number of hydrogen-bond donors (Lipinski definition) is 4. The third kappa shape index (κ3) is 12.2. The van der Waals surface area contributed by atoms with E-state index in [2.05, 4.69) is 13.0 Å². The van der Waals surface area contributed by atoms with Crippen LogP contribution in [-0.2, 0) is 0 Å². The van der Waals surface area contributed by atoms with Crippen LogP contribution in [0.15, 0.2) is 12.2 Å². The molecule has 4 heteroatoms. The van der Waals surface area contributed by atoms with Gasteiger partial charge in [0.25, 0.3) is 0 Å². The summed E-state index contributed by atoms with van der Waals surface area (Å²) in [5.74, 6) is 0. The van der Waals surface area contributed by atoms with Crippen molar-refractivity contribution in [2.75, 3.05) is 6.61 Å². The highest BCUT2D eigenvalue weighted by molar-refractivity contribution is 4.88. The first-order chi connectivity index (χ1) is 10.6. The third-order valence-electron chi connectivity index (χ3n) is 4.06. The standard InChI is InChI=1S/C18H37NO3/c1-2-3-4-5-6-7-8-9-10-11-12-13-14-17(21)18(22)16(19)15-20/h12-13,16-18,20-22H,2-11,14-15,19H2,1H3/b13-12+. The van der Waals surface area contributed by atoms with Crippen LogP contribution in [0.25, 0.3) is 0 Å². The molecule has 0 aromatic rings. The molecule has 132 valence electrons. The van der Waals surface area contributed by atoms with Gasteiger partial charge in [0.05, 0.1) is 24.9 Å². The summed E-state index contributed by atoms with van der Waals surface area (Å²) in [6.45, 7) is 1.93. The summed E-state index contributed by atoms with van der Waals surface area (Å²) in [6, 6.07) is -0.777. The summed E-state index contributed by atoms with van der Waals surface area (Å²) in [5, 5.41) is 28.1. The molecular formula is C18H37NO3. The van der Waals surface area contributed by atoms with E-state index >= 15 is 0 Å². The Hall–Kier alpha value is -0.420. The van der Waals surface area contributed by atoms with Crippen molar-refractivity contribution in [2.24, 2.45) is 5.73 Å². The second-order valence-corrected chi connectivity index (χ2v) is 6.23. The molecule has 0 aromatic heterocycles. The van der Waals surface area contributed by atoms with Crippen molar-refractivity contribution in [3.63, 3.8) is 0 Å². The summed E-state index contributed by atoms with van der Waals surface area (Å²) < 4.78 is 0. The van der Waals surface area contributed by atoms with Gasteiger partial charge in [-0.05, 0) is 19.3 Å². The predicted octanol–water partition coefficient (Wildman–Crippen LogP) is 2.90. The van der Waals surface area contributed by atoms with Crippen molar-refractivity contribution in [3.05, 3.63) is 12.2 Å². The second kappa shape index (κ2) is 15.5. The minimum atomic E-state index is -1.07. The Morgan fingerprint density at radius 2 is 1.41 bits per heavy atom. The summed E-state index contributed by atoms with van der Waals surface area (Å²) in [5.41, 5.74) is 5.47. The van der Waals surface area contributed by atoms with Crippen LogP contribution in [0.1, 0.15) is 77.6 Å². The van der Waals surface area contributed by atoms with Crippen LogP contribution < -0.4 is 5.73 Å². The van der Waals surface area contributed by atoms with Gasteiger partial charge >= 0.3 is 0 Å². The van der Waals surface area contributed by atoms with Gasteiger partial charge in [-0.25, -0.2) is 0 Å². The number of allylic oxidation sites excluding steroid dienone is 1. The van der Waals surface area contributed by atoms with E-state index in [1.165, 1.54) is 57.8 Å². The Labute approximate surface area is 136 Å². The Morgan fingerprint density at radius 1 is 0.864 bits per heavy atom. The average Bonchev–Trinajstić information content (AvgIpc) is 2.54. The molecule has 0 aliphatic heterocycles. The molecule has 3 atom stereocenters. The van der Waals surface area contributed by atoms with E-state index in [9.17, 15) is 10.2 Å². The van der Waals surface area contributed by atoms with Crippen molar-refractivity contribution in [3.8, 4) is 0 Å². The van der Waals surface area contributed by atoms with Crippen molar-refractivity contribution in [1.82, 2.24) is 0 Å². The molecule has 0 radical (unpaired) electrons. The fourth-order valence-electron chi connectivity index (χ4n) is 2.46. The van der Waals surface area contributed by atoms with E-state index in [1.54, 1.807) is 0 Å². The second-order valence-electron chi connectivity index (χ2n) is 6.23. The zero-order valence-corrected chi connectivity index (χ0v) is 14.3. The normalized spacial score (nSPS) is 16.0. The smallest absolute Gasteiger partial charge is 0.0974 e. The fourth-order valence-corrected chi connectivity index (χ4v) is 2.46. The van der Waals surface area contributed by atoms with Crippen molar-refractivity contribution < 1.29 is 15.3 Å².